The van der Waals surface area contributed by atoms with E-state index >= 15 is 0 Å². The molecule has 0 aromatic heterocycles. The van der Waals surface area contributed by atoms with Crippen molar-refractivity contribution in [2.75, 3.05) is 13.2 Å². The number of hydrogen-bond acceptors (Lipinski definition) is 5. The number of aromatic carboxylic acids is 1. The van der Waals surface area contributed by atoms with Crippen LogP contribution in [0.5, 0.6) is 11.5 Å². The maximum Gasteiger partial charge on any atom is 0.343 e. The lowest BCUT2D eigenvalue weighted by molar-refractivity contribution is 0.0664. The first-order valence-corrected chi connectivity index (χ1v) is 8.20. The van der Waals surface area contributed by atoms with Crippen molar-refractivity contribution in [2.45, 2.75) is 18.4 Å². The minimum atomic E-state index is -1.43. The fourth-order valence-electron chi connectivity index (χ4n) is 3.53. The van der Waals surface area contributed by atoms with E-state index in [4.69, 9.17) is 5.11 Å². The van der Waals surface area contributed by atoms with Gasteiger partial charge in [0.1, 0.15) is 17.1 Å². The van der Waals surface area contributed by atoms with E-state index in [9.17, 15) is 24.9 Å². The van der Waals surface area contributed by atoms with Gasteiger partial charge in [-0.1, -0.05) is 18.2 Å². The molecule has 1 aliphatic rings. The molecule has 2 atom stereocenters. The normalized spacial score (nSPS) is 19.5. The summed E-state index contributed by atoms with van der Waals surface area (Å²) in [6, 6.07) is 10.7. The van der Waals surface area contributed by atoms with Crippen molar-refractivity contribution in [3.63, 3.8) is 0 Å². The largest absolute Gasteiger partial charge is 0.507 e. The summed E-state index contributed by atoms with van der Waals surface area (Å²) in [4.78, 5) is 25.4. The van der Waals surface area contributed by atoms with Crippen LogP contribution in [-0.2, 0) is 0 Å². The zero-order valence-corrected chi connectivity index (χ0v) is 13.9. The minimum absolute atomic E-state index is 0.206. The van der Waals surface area contributed by atoms with Crippen LogP contribution in [-0.4, -0.2) is 56.4 Å². The van der Waals surface area contributed by atoms with Gasteiger partial charge in [-0.05, 0) is 36.2 Å². The Morgan fingerprint density at radius 1 is 1.08 bits per heavy atom. The van der Waals surface area contributed by atoms with Crippen LogP contribution in [0.4, 0.5) is 0 Å². The Labute approximate surface area is 149 Å². The topological polar surface area (TPSA) is 118 Å². The monoisotopic (exact) mass is 357 g/mol. The lowest BCUT2D eigenvalue weighted by atomic mass is 9.90. The van der Waals surface area contributed by atoms with E-state index in [-0.39, 0.29) is 18.4 Å². The number of hydrogen-bond donors (Lipinski definition) is 4. The molecule has 0 aliphatic carbocycles. The predicted molar refractivity (Wildman–Crippen MR) is 92.4 cm³/mol. The number of carbonyl (C=O) groups excluding carboxylic acids is 1. The first-order chi connectivity index (χ1) is 12.4. The van der Waals surface area contributed by atoms with Gasteiger partial charge in [-0.2, -0.15) is 0 Å². The number of carbonyl (C=O) groups is 2. The molecule has 3 rings (SSSR count). The van der Waals surface area contributed by atoms with Crippen LogP contribution >= 0.6 is 0 Å². The van der Waals surface area contributed by atoms with Gasteiger partial charge in [0.25, 0.3) is 5.91 Å². The smallest absolute Gasteiger partial charge is 0.343 e. The Morgan fingerprint density at radius 2 is 1.69 bits per heavy atom. The second-order valence-electron chi connectivity index (χ2n) is 6.25. The van der Waals surface area contributed by atoms with Crippen molar-refractivity contribution in [2.24, 2.45) is 0 Å². The van der Waals surface area contributed by atoms with E-state index < -0.39 is 29.1 Å². The number of aliphatic hydroxyl groups excluding tert-OH is 1. The first kappa shape index (κ1) is 17.8. The van der Waals surface area contributed by atoms with Gasteiger partial charge in [0.15, 0.2) is 0 Å². The molecule has 2 aromatic carbocycles. The molecule has 0 bridgehead atoms. The van der Waals surface area contributed by atoms with Crippen molar-refractivity contribution >= 4 is 11.9 Å². The van der Waals surface area contributed by atoms with Gasteiger partial charge < -0.3 is 25.3 Å². The number of aromatic hydroxyl groups is 2. The van der Waals surface area contributed by atoms with Crippen LogP contribution in [0, 0.1) is 0 Å². The maximum atomic E-state index is 12.7. The average Bonchev–Trinajstić information content (AvgIpc) is 3.04. The van der Waals surface area contributed by atoms with Crippen LogP contribution in [0.3, 0.4) is 0 Å². The summed E-state index contributed by atoms with van der Waals surface area (Å²) >= 11 is 0. The van der Waals surface area contributed by atoms with Gasteiger partial charge in [-0.25, -0.2) is 4.79 Å². The molecule has 1 unspecified atom stereocenters. The van der Waals surface area contributed by atoms with Crippen LogP contribution in [0.2, 0.25) is 0 Å². The summed E-state index contributed by atoms with van der Waals surface area (Å²) in [5, 5.41) is 38.7. The van der Waals surface area contributed by atoms with Gasteiger partial charge in [0.05, 0.1) is 12.6 Å². The molecule has 7 nitrogen and oxygen atoms in total. The second kappa shape index (κ2) is 7.05. The van der Waals surface area contributed by atoms with Crippen molar-refractivity contribution in [3.05, 3.63) is 59.2 Å². The zero-order valence-electron chi connectivity index (χ0n) is 13.9. The van der Waals surface area contributed by atoms with Crippen molar-refractivity contribution < 1.29 is 30.0 Å². The molecule has 0 saturated carbocycles. The van der Waals surface area contributed by atoms with Crippen LogP contribution < -0.4 is 0 Å². The highest BCUT2D eigenvalue weighted by atomic mass is 16.4. The number of nitrogens with zero attached hydrogens (tertiary/aromatic N) is 1. The highest BCUT2D eigenvalue weighted by Gasteiger charge is 2.38. The van der Waals surface area contributed by atoms with Crippen LogP contribution in [0.1, 0.15) is 38.6 Å². The van der Waals surface area contributed by atoms with E-state index in [1.165, 1.54) is 12.1 Å². The molecule has 1 amide bonds. The van der Waals surface area contributed by atoms with E-state index in [1.807, 2.05) is 6.07 Å². The lowest BCUT2D eigenvalue weighted by Gasteiger charge is -2.27. The number of amides is 1. The second-order valence-corrected chi connectivity index (χ2v) is 6.25. The van der Waals surface area contributed by atoms with E-state index in [0.29, 0.717) is 24.1 Å². The SMILES string of the molecule is O=C(O)c1c(O)cc(C2CCN(C(=O)c3ccccc3)[C@@H]2CO)cc1O. The zero-order chi connectivity index (χ0) is 18.8. The molecular formula is C19H19NO6. The van der Waals surface area contributed by atoms with E-state index in [0.717, 1.165) is 0 Å². The number of carboxylic acids is 1. The molecule has 4 N–H and O–H groups in total. The third-order valence-electron chi connectivity index (χ3n) is 4.78. The maximum absolute atomic E-state index is 12.7. The summed E-state index contributed by atoms with van der Waals surface area (Å²) in [7, 11) is 0. The first-order valence-electron chi connectivity index (χ1n) is 8.20. The van der Waals surface area contributed by atoms with Gasteiger partial charge in [-0.3, -0.25) is 4.79 Å². The predicted octanol–water partition coefficient (Wildman–Crippen LogP) is 1.79. The van der Waals surface area contributed by atoms with Gasteiger partial charge in [-0.15, -0.1) is 0 Å². The molecule has 1 heterocycles. The molecule has 7 heteroatoms. The van der Waals surface area contributed by atoms with Crippen molar-refractivity contribution in [3.8, 4) is 11.5 Å². The summed E-state index contributed by atoms with van der Waals surface area (Å²) in [6.45, 7) is 0.122. The number of benzene rings is 2. The summed E-state index contributed by atoms with van der Waals surface area (Å²) in [5.41, 5.74) is 0.426. The quantitative estimate of drug-likeness (QED) is 0.662. The van der Waals surface area contributed by atoms with E-state index in [1.54, 1.807) is 29.2 Å². The Hall–Kier alpha value is -3.06. The average molecular weight is 357 g/mol. The molecule has 1 saturated heterocycles. The Kier molecular flexibility index (Phi) is 4.81. The fourth-order valence-corrected chi connectivity index (χ4v) is 3.53. The molecule has 26 heavy (non-hydrogen) atoms. The molecular weight excluding hydrogens is 338 g/mol. The molecule has 1 fully saturated rings. The molecule has 0 spiro atoms. The van der Waals surface area contributed by atoms with E-state index in [2.05, 4.69) is 0 Å². The van der Waals surface area contributed by atoms with Crippen molar-refractivity contribution in [1.29, 1.82) is 0 Å². The summed E-state index contributed by atoms with van der Waals surface area (Å²) in [6.07, 6.45) is 0.523. The van der Waals surface area contributed by atoms with Crippen LogP contribution in [0.25, 0.3) is 0 Å². The number of carboxylic acid groups (broad SMARTS) is 1. The highest BCUT2D eigenvalue weighted by molar-refractivity contribution is 5.95. The minimum Gasteiger partial charge on any atom is -0.507 e. The Bertz CT molecular complexity index is 812. The highest BCUT2D eigenvalue weighted by Crippen LogP contribution is 2.39. The fraction of sp³-hybridized carbons (Fsp3) is 0.263. The standard InChI is InChI=1S/C19H19NO6/c21-10-14-13(12-8-15(22)17(19(25)26)16(23)9-12)6-7-20(14)18(24)11-4-2-1-3-5-11/h1-5,8-9,13-14,21-23H,6-7,10H2,(H,25,26)/t13?,14-/m1/s1. The molecule has 0 radical (unpaired) electrons. The Balaban J connectivity index is 1.91. The number of aliphatic hydroxyl groups is 1. The summed E-state index contributed by atoms with van der Waals surface area (Å²) < 4.78 is 0. The summed E-state index contributed by atoms with van der Waals surface area (Å²) in [5.74, 6) is -3.05. The van der Waals surface area contributed by atoms with Crippen molar-refractivity contribution in [1.82, 2.24) is 4.90 Å². The molecule has 136 valence electrons. The number of rotatable bonds is 4. The number of likely N-dealkylation sites (tertiary alicyclic amines) is 1. The van der Waals surface area contributed by atoms with Gasteiger partial charge in [0, 0.05) is 18.0 Å². The third kappa shape index (κ3) is 3.09. The van der Waals surface area contributed by atoms with Gasteiger partial charge >= 0.3 is 5.97 Å². The number of phenols is 2. The molecule has 1 aliphatic heterocycles. The third-order valence-corrected chi connectivity index (χ3v) is 4.78. The lowest BCUT2D eigenvalue weighted by Crippen LogP contribution is -2.39. The van der Waals surface area contributed by atoms with Gasteiger partial charge in [0.2, 0.25) is 0 Å². The molecule has 2 aromatic rings. The van der Waals surface area contributed by atoms with Crippen LogP contribution in [0.15, 0.2) is 42.5 Å². The Morgan fingerprint density at radius 3 is 2.23 bits per heavy atom.